The predicted molar refractivity (Wildman–Crippen MR) is 88.5 cm³/mol. The van der Waals surface area contributed by atoms with E-state index < -0.39 is 10.0 Å². The molecule has 2 N–H and O–H groups in total. The lowest BCUT2D eigenvalue weighted by atomic mass is 10.3. The molecule has 1 aromatic rings. The summed E-state index contributed by atoms with van der Waals surface area (Å²) in [7, 11) is -2.12. The van der Waals surface area contributed by atoms with Gasteiger partial charge in [0.05, 0.1) is 11.4 Å². The van der Waals surface area contributed by atoms with E-state index in [-0.39, 0.29) is 23.3 Å². The second-order valence-corrected chi connectivity index (χ2v) is 6.97. The van der Waals surface area contributed by atoms with Gasteiger partial charge in [-0.15, -0.1) is 0 Å². The van der Waals surface area contributed by atoms with Gasteiger partial charge in [0, 0.05) is 26.2 Å². The zero-order valence-electron chi connectivity index (χ0n) is 13.6. The van der Waals surface area contributed by atoms with Gasteiger partial charge in [-0.3, -0.25) is 9.59 Å². The highest BCUT2D eigenvalue weighted by atomic mass is 32.2. The number of carbonyl (C=O) groups excluding carboxylic acids is 2. The maximum atomic E-state index is 12.1. The molecule has 2 amide bonds. The molecule has 8 heteroatoms. The number of nitrogens with zero attached hydrogens (tertiary/aromatic N) is 1. The first-order chi connectivity index (χ1) is 10.8. The van der Waals surface area contributed by atoms with Crippen molar-refractivity contribution in [2.45, 2.75) is 31.6 Å². The highest BCUT2D eigenvalue weighted by Crippen LogP contribution is 2.13. The third kappa shape index (κ3) is 6.37. The van der Waals surface area contributed by atoms with E-state index in [1.807, 2.05) is 6.92 Å². The molecule has 128 valence electrons. The Labute approximate surface area is 137 Å². The minimum atomic E-state index is -3.76. The molecule has 0 radical (unpaired) electrons. The summed E-state index contributed by atoms with van der Waals surface area (Å²) in [5, 5.41) is 2.55. The smallest absolute Gasteiger partial charge is 0.241 e. The van der Waals surface area contributed by atoms with E-state index in [2.05, 4.69) is 10.0 Å². The number of carbonyl (C=O) groups is 2. The number of rotatable bonds is 8. The molecule has 23 heavy (non-hydrogen) atoms. The lowest BCUT2D eigenvalue weighted by Crippen LogP contribution is -2.38. The fourth-order valence-electron chi connectivity index (χ4n) is 1.82. The van der Waals surface area contributed by atoms with Crippen molar-refractivity contribution in [3.05, 3.63) is 24.3 Å². The summed E-state index contributed by atoms with van der Waals surface area (Å²) in [6.07, 6.45) is 1.84. The molecule has 1 rings (SSSR count). The minimum absolute atomic E-state index is 0.0376. The van der Waals surface area contributed by atoms with E-state index in [9.17, 15) is 18.0 Å². The third-order valence-corrected chi connectivity index (χ3v) is 4.59. The molecule has 0 heterocycles. The summed E-state index contributed by atoms with van der Waals surface area (Å²) in [4.78, 5) is 24.3. The van der Waals surface area contributed by atoms with Crippen LogP contribution >= 0.6 is 0 Å². The maximum absolute atomic E-state index is 12.1. The van der Waals surface area contributed by atoms with Crippen LogP contribution in [0.2, 0.25) is 0 Å². The number of unbranched alkanes of at least 4 members (excludes halogenated alkanes) is 1. The first-order valence-electron chi connectivity index (χ1n) is 7.37. The molecule has 0 aliphatic carbocycles. The molecule has 0 unspecified atom stereocenters. The summed E-state index contributed by atoms with van der Waals surface area (Å²) in [6, 6.07) is 5.73. The van der Waals surface area contributed by atoms with Gasteiger partial charge in [0.2, 0.25) is 21.8 Å². The van der Waals surface area contributed by atoms with E-state index in [0.717, 1.165) is 12.8 Å². The molecule has 0 aromatic heterocycles. The van der Waals surface area contributed by atoms with Crippen molar-refractivity contribution in [2.24, 2.45) is 0 Å². The van der Waals surface area contributed by atoms with Gasteiger partial charge >= 0.3 is 0 Å². The Morgan fingerprint density at radius 2 is 1.78 bits per heavy atom. The van der Waals surface area contributed by atoms with Gasteiger partial charge in [0.15, 0.2) is 0 Å². The van der Waals surface area contributed by atoms with E-state index in [0.29, 0.717) is 12.2 Å². The van der Waals surface area contributed by atoms with Crippen LogP contribution in [-0.4, -0.2) is 45.3 Å². The van der Waals surface area contributed by atoms with Crippen molar-refractivity contribution >= 4 is 27.5 Å². The van der Waals surface area contributed by atoms with Gasteiger partial charge in [-0.1, -0.05) is 13.3 Å². The van der Waals surface area contributed by atoms with Crippen molar-refractivity contribution in [3.63, 3.8) is 0 Å². The Balaban J connectivity index is 2.65. The topological polar surface area (TPSA) is 95.6 Å². The van der Waals surface area contributed by atoms with Crippen LogP contribution in [0.5, 0.6) is 0 Å². The standard InChI is InChI=1S/C15H23N3O4S/c1-4-5-10-18(3)15(20)11-16-23(21,22)14-8-6-13(7-9-14)17-12(2)19/h6-9,16H,4-5,10-11H2,1-3H3,(H,17,19). The molecular weight excluding hydrogens is 318 g/mol. The van der Waals surface area contributed by atoms with E-state index in [4.69, 9.17) is 0 Å². The Morgan fingerprint density at radius 1 is 1.17 bits per heavy atom. The van der Waals surface area contributed by atoms with E-state index in [1.165, 1.54) is 36.1 Å². The molecule has 0 bridgehead atoms. The normalized spacial score (nSPS) is 11.1. The molecule has 0 aliphatic rings. The van der Waals surface area contributed by atoms with Crippen molar-refractivity contribution < 1.29 is 18.0 Å². The van der Waals surface area contributed by atoms with Gasteiger partial charge in [0.1, 0.15) is 0 Å². The van der Waals surface area contributed by atoms with Gasteiger partial charge in [-0.2, -0.15) is 0 Å². The number of likely N-dealkylation sites (N-methyl/N-ethyl adjacent to an activating group) is 1. The largest absolute Gasteiger partial charge is 0.345 e. The molecule has 1 aromatic carbocycles. The number of nitrogens with one attached hydrogen (secondary N) is 2. The SMILES string of the molecule is CCCCN(C)C(=O)CNS(=O)(=O)c1ccc(NC(C)=O)cc1. The minimum Gasteiger partial charge on any atom is -0.345 e. The Bertz CT molecular complexity index is 641. The van der Waals surface area contributed by atoms with Crippen LogP contribution in [0.3, 0.4) is 0 Å². The molecule has 0 spiro atoms. The quantitative estimate of drug-likeness (QED) is 0.742. The Hall–Kier alpha value is -1.93. The first kappa shape index (κ1) is 19.1. The molecule has 0 saturated carbocycles. The number of sulfonamides is 1. The van der Waals surface area contributed by atoms with Crippen molar-refractivity contribution in [3.8, 4) is 0 Å². The van der Waals surface area contributed by atoms with Gasteiger partial charge in [-0.05, 0) is 30.7 Å². The van der Waals surface area contributed by atoms with Crippen LogP contribution in [0.1, 0.15) is 26.7 Å². The maximum Gasteiger partial charge on any atom is 0.241 e. The number of hydrogen-bond donors (Lipinski definition) is 2. The third-order valence-electron chi connectivity index (χ3n) is 3.17. The second kappa shape index (κ2) is 8.64. The molecule has 7 nitrogen and oxygen atoms in total. The zero-order valence-corrected chi connectivity index (χ0v) is 14.4. The predicted octanol–water partition coefficient (Wildman–Crippen LogP) is 1.18. The van der Waals surface area contributed by atoms with Crippen LogP contribution in [0, 0.1) is 0 Å². The summed E-state index contributed by atoms with van der Waals surface area (Å²) in [5.74, 6) is -0.517. The molecular formula is C15H23N3O4S. The number of amides is 2. The monoisotopic (exact) mass is 341 g/mol. The van der Waals surface area contributed by atoms with Crippen molar-refractivity contribution in [1.29, 1.82) is 0 Å². The fourth-order valence-corrected chi connectivity index (χ4v) is 2.79. The first-order valence-corrected chi connectivity index (χ1v) is 8.86. The van der Waals surface area contributed by atoms with Crippen LogP contribution in [0.15, 0.2) is 29.2 Å². The van der Waals surface area contributed by atoms with E-state index >= 15 is 0 Å². The van der Waals surface area contributed by atoms with E-state index in [1.54, 1.807) is 7.05 Å². The summed E-state index contributed by atoms with van der Waals surface area (Å²) in [6.45, 7) is 3.71. The summed E-state index contributed by atoms with van der Waals surface area (Å²) in [5.41, 5.74) is 0.506. The van der Waals surface area contributed by atoms with Gasteiger partial charge in [-0.25, -0.2) is 13.1 Å². The van der Waals surface area contributed by atoms with Crippen molar-refractivity contribution in [2.75, 3.05) is 25.5 Å². The lowest BCUT2D eigenvalue weighted by Gasteiger charge is -2.17. The number of hydrogen-bond acceptors (Lipinski definition) is 4. The number of benzene rings is 1. The molecule has 0 fully saturated rings. The van der Waals surface area contributed by atoms with Crippen LogP contribution in [0.4, 0.5) is 5.69 Å². The average molecular weight is 341 g/mol. The number of anilines is 1. The van der Waals surface area contributed by atoms with Crippen LogP contribution in [0.25, 0.3) is 0 Å². The van der Waals surface area contributed by atoms with Gasteiger partial charge in [0.25, 0.3) is 0 Å². The lowest BCUT2D eigenvalue weighted by molar-refractivity contribution is -0.128. The van der Waals surface area contributed by atoms with Crippen LogP contribution in [-0.2, 0) is 19.6 Å². The average Bonchev–Trinajstić information content (AvgIpc) is 2.50. The molecule has 0 aliphatic heterocycles. The summed E-state index contributed by atoms with van der Waals surface area (Å²) < 4.78 is 26.6. The highest BCUT2D eigenvalue weighted by Gasteiger charge is 2.17. The van der Waals surface area contributed by atoms with Crippen molar-refractivity contribution in [1.82, 2.24) is 9.62 Å². The van der Waals surface area contributed by atoms with Crippen LogP contribution < -0.4 is 10.0 Å². The second-order valence-electron chi connectivity index (χ2n) is 5.20. The summed E-state index contributed by atoms with van der Waals surface area (Å²) >= 11 is 0. The zero-order chi connectivity index (χ0) is 17.5. The highest BCUT2D eigenvalue weighted by molar-refractivity contribution is 7.89. The molecule has 0 atom stereocenters. The fraction of sp³-hybridized carbons (Fsp3) is 0.467. The Morgan fingerprint density at radius 3 is 2.30 bits per heavy atom. The van der Waals surface area contributed by atoms with Gasteiger partial charge < -0.3 is 10.2 Å². The molecule has 0 saturated heterocycles. The Kier molecular flexibility index (Phi) is 7.18.